The van der Waals surface area contributed by atoms with Crippen molar-refractivity contribution in [3.05, 3.63) is 35.6 Å². The zero-order chi connectivity index (χ0) is 10.6. The van der Waals surface area contributed by atoms with Crippen LogP contribution in [0.3, 0.4) is 0 Å². The monoisotopic (exact) mass is 215 g/mol. The summed E-state index contributed by atoms with van der Waals surface area (Å²) < 4.78 is 12.5. The van der Waals surface area contributed by atoms with Crippen LogP contribution in [0.2, 0.25) is 0 Å². The Morgan fingerprint density at radius 1 is 1.29 bits per heavy atom. The highest BCUT2D eigenvalue weighted by molar-refractivity contribution is 6.28. The van der Waals surface area contributed by atoms with Gasteiger partial charge in [0.15, 0.2) is 0 Å². The summed E-state index contributed by atoms with van der Waals surface area (Å²) in [5.74, 6) is -1.89. The number of amides is 2. The van der Waals surface area contributed by atoms with E-state index in [1.54, 1.807) is 0 Å². The van der Waals surface area contributed by atoms with Crippen LogP contribution in [-0.2, 0) is 4.79 Å². The Morgan fingerprint density at radius 2 is 1.86 bits per heavy atom. The quantitative estimate of drug-likeness (QED) is 0.757. The third kappa shape index (κ3) is 2.81. The maximum absolute atomic E-state index is 12.5. The van der Waals surface area contributed by atoms with Crippen molar-refractivity contribution in [2.75, 3.05) is 5.88 Å². The molecule has 1 aromatic carbocycles. The molecule has 2 amide bonds. The maximum Gasteiger partial charge on any atom is 0.257 e. The summed E-state index contributed by atoms with van der Waals surface area (Å²) in [5.41, 5.74) is 0.213. The van der Waals surface area contributed by atoms with Crippen LogP contribution in [0.5, 0.6) is 0 Å². The van der Waals surface area contributed by atoms with Crippen molar-refractivity contribution in [3.8, 4) is 0 Å². The molecule has 0 spiro atoms. The molecule has 74 valence electrons. The van der Waals surface area contributed by atoms with Gasteiger partial charge in [0.2, 0.25) is 5.91 Å². The fourth-order valence-corrected chi connectivity index (χ4v) is 0.900. The van der Waals surface area contributed by atoms with Gasteiger partial charge in [0.1, 0.15) is 11.7 Å². The lowest BCUT2D eigenvalue weighted by Gasteiger charge is -2.00. The first-order valence-electron chi connectivity index (χ1n) is 3.79. The van der Waals surface area contributed by atoms with Crippen LogP contribution in [0.4, 0.5) is 4.39 Å². The van der Waals surface area contributed by atoms with Crippen LogP contribution in [0.15, 0.2) is 24.3 Å². The molecule has 0 aliphatic heterocycles. The van der Waals surface area contributed by atoms with Gasteiger partial charge in [-0.15, -0.1) is 11.6 Å². The first-order chi connectivity index (χ1) is 6.63. The SMILES string of the molecule is O=C(CCl)NC(=O)c1ccc(F)cc1. The summed E-state index contributed by atoms with van der Waals surface area (Å²) in [6, 6.07) is 4.85. The molecule has 0 aliphatic rings. The first kappa shape index (κ1) is 10.7. The molecule has 3 nitrogen and oxygen atoms in total. The molecule has 5 heteroatoms. The Balaban J connectivity index is 2.70. The Kier molecular flexibility index (Phi) is 3.59. The van der Waals surface area contributed by atoms with Crippen LogP contribution in [0.1, 0.15) is 10.4 Å². The van der Waals surface area contributed by atoms with Crippen LogP contribution < -0.4 is 5.32 Å². The number of benzene rings is 1. The van der Waals surface area contributed by atoms with Crippen molar-refractivity contribution in [1.82, 2.24) is 5.32 Å². The normalized spacial score (nSPS) is 9.57. The molecule has 14 heavy (non-hydrogen) atoms. The number of carbonyl (C=O) groups excluding carboxylic acids is 2. The molecule has 0 bridgehead atoms. The van der Waals surface area contributed by atoms with Crippen molar-refractivity contribution in [2.24, 2.45) is 0 Å². The van der Waals surface area contributed by atoms with E-state index in [1.807, 2.05) is 5.32 Å². The minimum atomic E-state index is -0.587. The maximum atomic E-state index is 12.5. The smallest absolute Gasteiger partial charge is 0.257 e. The Hall–Kier alpha value is -1.42. The number of alkyl halides is 1. The minimum absolute atomic E-state index is 0.213. The van der Waals surface area contributed by atoms with E-state index in [0.29, 0.717) is 0 Å². The van der Waals surface area contributed by atoms with E-state index in [-0.39, 0.29) is 11.4 Å². The summed E-state index contributed by atoms with van der Waals surface area (Å²) in [5, 5.41) is 2.03. The van der Waals surface area contributed by atoms with Gasteiger partial charge < -0.3 is 0 Å². The largest absolute Gasteiger partial charge is 0.291 e. The number of hydrogen-bond acceptors (Lipinski definition) is 2. The second-order valence-corrected chi connectivity index (χ2v) is 2.79. The second kappa shape index (κ2) is 4.72. The van der Waals surface area contributed by atoms with Crippen LogP contribution in [-0.4, -0.2) is 17.7 Å². The third-order valence-corrected chi connectivity index (χ3v) is 1.72. The minimum Gasteiger partial charge on any atom is -0.291 e. The topological polar surface area (TPSA) is 46.2 Å². The van der Waals surface area contributed by atoms with Gasteiger partial charge in [-0.2, -0.15) is 0 Å². The molecule has 0 radical (unpaired) electrons. The van der Waals surface area contributed by atoms with E-state index in [0.717, 1.165) is 12.1 Å². The van der Waals surface area contributed by atoms with Crippen molar-refractivity contribution in [3.63, 3.8) is 0 Å². The van der Waals surface area contributed by atoms with Crippen LogP contribution in [0, 0.1) is 5.82 Å². The fraction of sp³-hybridized carbons (Fsp3) is 0.111. The molecular formula is C9H7ClFNO2. The van der Waals surface area contributed by atoms with E-state index in [4.69, 9.17) is 11.6 Å². The van der Waals surface area contributed by atoms with E-state index < -0.39 is 17.6 Å². The lowest BCUT2D eigenvalue weighted by atomic mass is 10.2. The lowest BCUT2D eigenvalue weighted by molar-refractivity contribution is -0.117. The average Bonchev–Trinajstić information content (AvgIpc) is 2.18. The highest BCUT2D eigenvalue weighted by Gasteiger charge is 2.08. The van der Waals surface area contributed by atoms with Gasteiger partial charge in [0.05, 0.1) is 0 Å². The molecule has 0 fully saturated rings. The summed E-state index contributed by atoms with van der Waals surface area (Å²) >= 11 is 5.18. The molecule has 0 saturated carbocycles. The first-order valence-corrected chi connectivity index (χ1v) is 4.32. The third-order valence-electron chi connectivity index (χ3n) is 1.48. The number of halogens is 2. The van der Waals surface area contributed by atoms with Crippen molar-refractivity contribution >= 4 is 23.4 Å². The summed E-state index contributed by atoms with van der Waals surface area (Å²) in [7, 11) is 0. The average molecular weight is 216 g/mol. The van der Waals surface area contributed by atoms with Gasteiger partial charge in [-0.1, -0.05) is 0 Å². The van der Waals surface area contributed by atoms with Gasteiger partial charge in [-0.25, -0.2) is 4.39 Å². The fourth-order valence-electron chi connectivity index (χ4n) is 0.833. The zero-order valence-electron chi connectivity index (χ0n) is 7.09. The number of carbonyl (C=O) groups is 2. The van der Waals surface area contributed by atoms with Gasteiger partial charge in [-0.05, 0) is 24.3 Å². The van der Waals surface area contributed by atoms with Crippen molar-refractivity contribution < 1.29 is 14.0 Å². The van der Waals surface area contributed by atoms with Gasteiger partial charge in [0.25, 0.3) is 5.91 Å². The standard InChI is InChI=1S/C9H7ClFNO2/c10-5-8(13)12-9(14)6-1-3-7(11)4-2-6/h1-4H,5H2,(H,12,13,14). The molecule has 1 N–H and O–H groups in total. The second-order valence-electron chi connectivity index (χ2n) is 2.52. The van der Waals surface area contributed by atoms with Crippen LogP contribution >= 0.6 is 11.6 Å². The lowest BCUT2D eigenvalue weighted by Crippen LogP contribution is -2.31. The van der Waals surface area contributed by atoms with Gasteiger partial charge in [-0.3, -0.25) is 14.9 Å². The summed E-state index contributed by atoms with van der Waals surface area (Å²) in [6.07, 6.45) is 0. The van der Waals surface area contributed by atoms with Gasteiger partial charge >= 0.3 is 0 Å². The Labute approximate surface area is 84.9 Å². The number of rotatable bonds is 2. The highest BCUT2D eigenvalue weighted by Crippen LogP contribution is 2.02. The molecule has 0 saturated heterocycles. The molecule has 0 unspecified atom stereocenters. The number of imide groups is 1. The number of nitrogens with one attached hydrogen (secondary N) is 1. The molecule has 0 aromatic heterocycles. The van der Waals surface area contributed by atoms with E-state index in [2.05, 4.69) is 0 Å². The predicted octanol–water partition coefficient (Wildman–Crippen LogP) is 1.32. The molecular weight excluding hydrogens is 209 g/mol. The molecule has 0 aliphatic carbocycles. The molecule has 1 rings (SSSR count). The number of hydrogen-bond donors (Lipinski definition) is 1. The van der Waals surface area contributed by atoms with Gasteiger partial charge in [0, 0.05) is 5.56 Å². The highest BCUT2D eigenvalue weighted by atomic mass is 35.5. The molecule has 0 heterocycles. The summed E-state index contributed by atoms with van der Waals surface area (Å²) in [6.45, 7) is 0. The van der Waals surface area contributed by atoms with E-state index in [9.17, 15) is 14.0 Å². The van der Waals surface area contributed by atoms with Crippen molar-refractivity contribution in [1.29, 1.82) is 0 Å². The van der Waals surface area contributed by atoms with Crippen LogP contribution in [0.25, 0.3) is 0 Å². The molecule has 1 aromatic rings. The van der Waals surface area contributed by atoms with E-state index >= 15 is 0 Å². The summed E-state index contributed by atoms with van der Waals surface area (Å²) in [4.78, 5) is 21.9. The predicted molar refractivity (Wildman–Crippen MR) is 49.6 cm³/mol. The molecule has 0 atom stereocenters. The van der Waals surface area contributed by atoms with Crippen molar-refractivity contribution in [2.45, 2.75) is 0 Å². The Morgan fingerprint density at radius 3 is 2.36 bits per heavy atom. The Bertz CT molecular complexity index is 350. The zero-order valence-corrected chi connectivity index (χ0v) is 7.84. The van der Waals surface area contributed by atoms with E-state index in [1.165, 1.54) is 12.1 Å².